The molecule has 0 bridgehead atoms. The zero-order valence-electron chi connectivity index (χ0n) is 10.2. The molecule has 1 rings (SSSR count). The fourth-order valence-corrected chi connectivity index (χ4v) is 1.59. The van der Waals surface area contributed by atoms with Crippen LogP contribution in [0.4, 0.5) is 0 Å². The summed E-state index contributed by atoms with van der Waals surface area (Å²) in [4.78, 5) is 0. The largest absolute Gasteiger partial charge is 0.497 e. The molecule has 3 N–H and O–H groups in total. The van der Waals surface area contributed by atoms with Gasteiger partial charge in [0.05, 0.1) is 13.3 Å². The summed E-state index contributed by atoms with van der Waals surface area (Å²) < 4.78 is 5.17. The highest BCUT2D eigenvalue weighted by molar-refractivity contribution is 5.28. The van der Waals surface area contributed by atoms with Crippen LogP contribution in [0.5, 0.6) is 5.75 Å². The third kappa shape index (κ3) is 4.64. The third-order valence-electron chi connectivity index (χ3n) is 2.53. The fourth-order valence-electron chi connectivity index (χ4n) is 1.59. The van der Waals surface area contributed by atoms with E-state index in [4.69, 9.17) is 10.5 Å². The van der Waals surface area contributed by atoms with E-state index in [1.807, 2.05) is 18.2 Å². The van der Waals surface area contributed by atoms with Crippen LogP contribution in [0, 0.1) is 0 Å². The maximum atomic E-state index is 5.99. The van der Waals surface area contributed by atoms with Gasteiger partial charge in [-0.25, -0.2) is 0 Å². The van der Waals surface area contributed by atoms with Crippen molar-refractivity contribution < 1.29 is 4.74 Å². The van der Waals surface area contributed by atoms with Crippen LogP contribution < -0.4 is 15.8 Å². The monoisotopic (exact) mass is 222 g/mol. The van der Waals surface area contributed by atoms with Crippen molar-refractivity contribution in [1.29, 1.82) is 0 Å². The van der Waals surface area contributed by atoms with Crippen LogP contribution in [0.2, 0.25) is 0 Å². The van der Waals surface area contributed by atoms with Crippen molar-refractivity contribution in [3.05, 3.63) is 29.8 Å². The number of nitrogens with two attached hydrogens (primary N) is 1. The van der Waals surface area contributed by atoms with Gasteiger partial charge in [0.25, 0.3) is 0 Å². The van der Waals surface area contributed by atoms with Gasteiger partial charge in [0, 0.05) is 6.42 Å². The molecule has 0 saturated carbocycles. The van der Waals surface area contributed by atoms with Gasteiger partial charge in [-0.15, -0.1) is 0 Å². The minimum absolute atomic E-state index is 0.0265. The lowest BCUT2D eigenvalue weighted by Crippen LogP contribution is -2.39. The van der Waals surface area contributed by atoms with Gasteiger partial charge >= 0.3 is 0 Å². The van der Waals surface area contributed by atoms with E-state index in [1.165, 1.54) is 18.4 Å². The van der Waals surface area contributed by atoms with Crippen LogP contribution in [0.25, 0.3) is 0 Å². The SMILES string of the molecule is CCCCN[C@H](N)Cc1cccc(OC)c1. The Morgan fingerprint density at radius 3 is 2.94 bits per heavy atom. The normalized spacial score (nSPS) is 12.4. The molecule has 0 aliphatic rings. The Balaban J connectivity index is 2.39. The molecule has 90 valence electrons. The van der Waals surface area contributed by atoms with Crippen molar-refractivity contribution in [3.8, 4) is 5.75 Å². The standard InChI is InChI=1S/C13H22N2O/c1-3-4-8-15-13(14)10-11-6-5-7-12(9-11)16-2/h5-7,9,13,15H,3-4,8,10,14H2,1-2H3/t13-/m0/s1. The van der Waals surface area contributed by atoms with Crippen molar-refractivity contribution >= 4 is 0 Å². The maximum Gasteiger partial charge on any atom is 0.119 e. The van der Waals surface area contributed by atoms with E-state index in [0.717, 1.165) is 18.7 Å². The Labute approximate surface area is 98.0 Å². The molecular weight excluding hydrogens is 200 g/mol. The molecule has 0 unspecified atom stereocenters. The summed E-state index contributed by atoms with van der Waals surface area (Å²) in [6, 6.07) is 8.04. The molecule has 0 spiro atoms. The van der Waals surface area contributed by atoms with Crippen LogP contribution in [0.15, 0.2) is 24.3 Å². The second-order valence-electron chi connectivity index (χ2n) is 3.97. The molecule has 16 heavy (non-hydrogen) atoms. The molecule has 0 aliphatic heterocycles. The lowest BCUT2D eigenvalue weighted by atomic mass is 10.1. The average Bonchev–Trinajstić information content (AvgIpc) is 2.29. The van der Waals surface area contributed by atoms with E-state index >= 15 is 0 Å². The first-order chi connectivity index (χ1) is 7.76. The molecule has 3 nitrogen and oxygen atoms in total. The van der Waals surface area contributed by atoms with Gasteiger partial charge in [0.15, 0.2) is 0 Å². The summed E-state index contributed by atoms with van der Waals surface area (Å²) in [6.07, 6.45) is 3.23. The van der Waals surface area contributed by atoms with Gasteiger partial charge in [-0.05, 0) is 30.7 Å². The Bertz CT molecular complexity index is 302. The van der Waals surface area contributed by atoms with Gasteiger partial charge in [0.1, 0.15) is 5.75 Å². The Hall–Kier alpha value is -1.06. The summed E-state index contributed by atoms with van der Waals surface area (Å²) in [5.41, 5.74) is 7.19. The van der Waals surface area contributed by atoms with Crippen LogP contribution in [0.3, 0.4) is 0 Å². The summed E-state index contributed by atoms with van der Waals surface area (Å²) in [7, 11) is 1.68. The second kappa shape index (κ2) is 7.25. The zero-order chi connectivity index (χ0) is 11.8. The quantitative estimate of drug-likeness (QED) is 0.547. The lowest BCUT2D eigenvalue weighted by molar-refractivity contribution is 0.413. The molecule has 3 heteroatoms. The van der Waals surface area contributed by atoms with Gasteiger partial charge in [-0.2, -0.15) is 0 Å². The molecule has 0 heterocycles. The van der Waals surface area contributed by atoms with Gasteiger partial charge in [0.2, 0.25) is 0 Å². The van der Waals surface area contributed by atoms with Crippen molar-refractivity contribution in [2.75, 3.05) is 13.7 Å². The number of rotatable bonds is 7. The zero-order valence-corrected chi connectivity index (χ0v) is 10.2. The Kier molecular flexibility index (Phi) is 5.90. The average molecular weight is 222 g/mol. The third-order valence-corrected chi connectivity index (χ3v) is 2.53. The molecule has 1 aromatic rings. The molecule has 1 aromatic carbocycles. The highest BCUT2D eigenvalue weighted by Gasteiger charge is 2.03. The molecule has 0 fully saturated rings. The molecule has 1 atom stereocenters. The van der Waals surface area contributed by atoms with E-state index in [-0.39, 0.29) is 6.17 Å². The first kappa shape index (κ1) is 13.0. The number of unbranched alkanes of at least 4 members (excludes halogenated alkanes) is 1. The second-order valence-corrected chi connectivity index (χ2v) is 3.97. The molecule has 0 aromatic heterocycles. The summed E-state index contributed by atoms with van der Waals surface area (Å²) in [6.45, 7) is 3.16. The first-order valence-corrected chi connectivity index (χ1v) is 5.88. The molecule has 0 aliphatic carbocycles. The first-order valence-electron chi connectivity index (χ1n) is 5.88. The number of hydrogen-bond acceptors (Lipinski definition) is 3. The summed E-state index contributed by atoms with van der Waals surface area (Å²) >= 11 is 0. The van der Waals surface area contributed by atoms with Gasteiger partial charge in [-0.1, -0.05) is 25.5 Å². The fraction of sp³-hybridized carbons (Fsp3) is 0.538. The number of ether oxygens (including phenoxy) is 1. The smallest absolute Gasteiger partial charge is 0.119 e. The minimum atomic E-state index is 0.0265. The van der Waals surface area contributed by atoms with Crippen molar-refractivity contribution in [3.63, 3.8) is 0 Å². The number of hydrogen-bond donors (Lipinski definition) is 2. The number of methoxy groups -OCH3 is 1. The number of benzene rings is 1. The van der Waals surface area contributed by atoms with Crippen LogP contribution >= 0.6 is 0 Å². The lowest BCUT2D eigenvalue weighted by Gasteiger charge is -2.14. The number of nitrogens with one attached hydrogen (secondary N) is 1. The van der Waals surface area contributed by atoms with Crippen LogP contribution in [0.1, 0.15) is 25.3 Å². The van der Waals surface area contributed by atoms with E-state index in [9.17, 15) is 0 Å². The predicted octanol–water partition coefficient (Wildman–Crippen LogP) is 1.91. The van der Waals surface area contributed by atoms with Crippen molar-refractivity contribution in [2.24, 2.45) is 5.73 Å². The highest BCUT2D eigenvalue weighted by Crippen LogP contribution is 2.13. The Morgan fingerprint density at radius 2 is 2.25 bits per heavy atom. The van der Waals surface area contributed by atoms with Crippen LogP contribution in [-0.4, -0.2) is 19.8 Å². The van der Waals surface area contributed by atoms with Crippen molar-refractivity contribution in [2.45, 2.75) is 32.4 Å². The topological polar surface area (TPSA) is 47.3 Å². The summed E-state index contributed by atoms with van der Waals surface area (Å²) in [5, 5.41) is 3.31. The van der Waals surface area contributed by atoms with Gasteiger partial charge in [-0.3, -0.25) is 0 Å². The highest BCUT2D eigenvalue weighted by atomic mass is 16.5. The maximum absolute atomic E-state index is 5.99. The molecule has 0 radical (unpaired) electrons. The van der Waals surface area contributed by atoms with E-state index < -0.39 is 0 Å². The van der Waals surface area contributed by atoms with E-state index in [1.54, 1.807) is 7.11 Å². The van der Waals surface area contributed by atoms with E-state index in [2.05, 4.69) is 18.3 Å². The van der Waals surface area contributed by atoms with E-state index in [0.29, 0.717) is 0 Å². The minimum Gasteiger partial charge on any atom is -0.497 e. The van der Waals surface area contributed by atoms with Crippen molar-refractivity contribution in [1.82, 2.24) is 5.32 Å². The molecular formula is C13H22N2O. The molecule has 0 saturated heterocycles. The Morgan fingerprint density at radius 1 is 1.44 bits per heavy atom. The molecule has 0 amide bonds. The van der Waals surface area contributed by atoms with Gasteiger partial charge < -0.3 is 15.8 Å². The predicted molar refractivity (Wildman–Crippen MR) is 67.6 cm³/mol. The van der Waals surface area contributed by atoms with Crippen LogP contribution in [-0.2, 0) is 6.42 Å². The summed E-state index contributed by atoms with van der Waals surface area (Å²) in [5.74, 6) is 0.887.